The Kier molecular flexibility index (Phi) is 7.73. The number of hydrogen-bond donors (Lipinski definition) is 1. The van der Waals surface area contributed by atoms with Gasteiger partial charge < -0.3 is 5.11 Å². The summed E-state index contributed by atoms with van der Waals surface area (Å²) >= 11 is 6.53. The highest BCUT2D eigenvalue weighted by Crippen LogP contribution is 2.35. The first-order valence-corrected chi connectivity index (χ1v) is 13.3. The minimum absolute atomic E-state index is 0.0125. The number of carbonyl (C=O) groups excluding carboxylic acids is 2. The lowest BCUT2D eigenvalue weighted by Crippen LogP contribution is -2.41. The molecule has 2 atom stereocenters. The topological polar surface area (TPSA) is 78.7 Å². The number of hydrogen-bond acceptors (Lipinski definition) is 6. The molecule has 0 aliphatic carbocycles. The molecule has 1 unspecified atom stereocenters. The molecule has 3 heterocycles. The summed E-state index contributed by atoms with van der Waals surface area (Å²) in [5, 5.41) is 14.7. The normalized spacial score (nSPS) is 20.6. The van der Waals surface area contributed by atoms with E-state index in [0.29, 0.717) is 29.4 Å². The van der Waals surface area contributed by atoms with Crippen LogP contribution in [0.3, 0.4) is 0 Å². The summed E-state index contributed by atoms with van der Waals surface area (Å²) in [7, 11) is 0. The van der Waals surface area contributed by atoms with Crippen LogP contribution >= 0.6 is 23.4 Å². The summed E-state index contributed by atoms with van der Waals surface area (Å²) in [6.07, 6.45) is -3.04. The quantitative estimate of drug-likeness (QED) is 0.305. The second kappa shape index (κ2) is 10.9. The van der Waals surface area contributed by atoms with Crippen molar-refractivity contribution in [2.24, 2.45) is 0 Å². The van der Waals surface area contributed by atoms with E-state index >= 15 is 0 Å². The smallest absolute Gasteiger partial charge is 0.390 e. The van der Waals surface area contributed by atoms with Gasteiger partial charge in [-0.25, -0.2) is 4.39 Å². The average molecular weight is 583 g/mol. The zero-order chi connectivity index (χ0) is 27.9. The highest BCUT2D eigenvalue weighted by atomic mass is 35.5. The summed E-state index contributed by atoms with van der Waals surface area (Å²) in [4.78, 5) is 28.2. The lowest BCUT2D eigenvalue weighted by atomic mass is 10.1. The number of thioether (sulfide) groups is 1. The predicted molar refractivity (Wildman–Crippen MR) is 140 cm³/mol. The molecule has 1 N–H and O–H groups in total. The van der Waals surface area contributed by atoms with Gasteiger partial charge in [0.25, 0.3) is 11.1 Å². The maximum absolute atomic E-state index is 13.5. The number of imide groups is 1. The number of alkyl halides is 4. The van der Waals surface area contributed by atoms with E-state index < -0.39 is 35.2 Å². The summed E-state index contributed by atoms with van der Waals surface area (Å²) in [5.74, 6) is -0.535. The van der Waals surface area contributed by atoms with Crippen LogP contribution in [0.25, 0.3) is 17.0 Å². The van der Waals surface area contributed by atoms with E-state index in [2.05, 4.69) is 5.10 Å². The van der Waals surface area contributed by atoms with Crippen LogP contribution < -0.4 is 0 Å². The fraction of sp³-hybridized carbons (Fsp3) is 0.346. The Balaban J connectivity index is 1.30. The molecule has 3 aromatic rings. The standard InChI is InChI=1S/C26H23ClF4N4O3S/c27-18-3-2-16(21(9-18)26(29,30)31)11-35-22-4-1-15(7-17(22)10-32-35)8-23-24(37)34(25(38)39-23)14-20(36)13-33-6-5-19(28)12-33/h1-4,7-10,19-20,36H,5-6,11-14H2/b23-8-/t19-,20?/m1/s1. The van der Waals surface area contributed by atoms with Gasteiger partial charge in [-0.05, 0) is 59.7 Å². The Labute approximate surface area is 230 Å². The summed E-state index contributed by atoms with van der Waals surface area (Å²) in [6.45, 7) is 0.594. The van der Waals surface area contributed by atoms with Gasteiger partial charge in [0.1, 0.15) is 6.17 Å². The number of fused-ring (bicyclic) bond motifs is 1. The van der Waals surface area contributed by atoms with Crippen molar-refractivity contribution in [3.05, 3.63) is 69.2 Å². The van der Waals surface area contributed by atoms with Crippen molar-refractivity contribution in [3.8, 4) is 0 Å². The maximum Gasteiger partial charge on any atom is 0.416 e. The first kappa shape index (κ1) is 27.6. The second-order valence-electron chi connectivity index (χ2n) is 9.51. The SMILES string of the molecule is O=C1S/C(=C\c2ccc3c(cnn3Cc3ccc(Cl)cc3C(F)(F)F)c2)C(=O)N1CC(O)CN1CC[C@@H](F)C1. The van der Waals surface area contributed by atoms with Crippen LogP contribution in [-0.4, -0.2) is 74.3 Å². The van der Waals surface area contributed by atoms with Crippen molar-refractivity contribution in [2.45, 2.75) is 31.4 Å². The molecule has 2 aliphatic rings. The highest BCUT2D eigenvalue weighted by Gasteiger charge is 2.37. The molecular formula is C26H23ClF4N4O3S. The van der Waals surface area contributed by atoms with Gasteiger partial charge in [0.2, 0.25) is 0 Å². The van der Waals surface area contributed by atoms with Crippen LogP contribution in [0.1, 0.15) is 23.1 Å². The summed E-state index contributed by atoms with van der Waals surface area (Å²) in [6, 6.07) is 8.68. The van der Waals surface area contributed by atoms with Gasteiger partial charge in [-0.1, -0.05) is 23.7 Å². The molecule has 1 aromatic heterocycles. The van der Waals surface area contributed by atoms with E-state index in [1.165, 1.54) is 23.0 Å². The molecule has 2 aromatic carbocycles. The molecule has 7 nitrogen and oxygen atoms in total. The number of rotatable bonds is 7. The molecule has 0 saturated carbocycles. The van der Waals surface area contributed by atoms with Crippen LogP contribution in [0.15, 0.2) is 47.5 Å². The van der Waals surface area contributed by atoms with Crippen molar-refractivity contribution in [1.82, 2.24) is 19.6 Å². The van der Waals surface area contributed by atoms with Gasteiger partial charge in [0.05, 0.1) is 41.4 Å². The molecule has 0 spiro atoms. The third-order valence-corrected chi connectivity index (χ3v) is 7.75. The Morgan fingerprint density at radius 2 is 1.97 bits per heavy atom. The van der Waals surface area contributed by atoms with Crippen LogP contribution in [-0.2, 0) is 17.5 Å². The molecule has 0 radical (unpaired) electrons. The molecule has 2 aliphatic heterocycles. The van der Waals surface area contributed by atoms with Crippen molar-refractivity contribution in [2.75, 3.05) is 26.2 Å². The van der Waals surface area contributed by atoms with Crippen molar-refractivity contribution >= 4 is 51.5 Å². The Morgan fingerprint density at radius 1 is 1.18 bits per heavy atom. The lowest BCUT2D eigenvalue weighted by molar-refractivity contribution is -0.138. The molecular weight excluding hydrogens is 560 g/mol. The third kappa shape index (κ3) is 6.13. The van der Waals surface area contributed by atoms with Crippen LogP contribution in [0.4, 0.5) is 22.4 Å². The zero-order valence-electron chi connectivity index (χ0n) is 20.4. The maximum atomic E-state index is 13.5. The Hall–Kier alpha value is -2.93. The number of benzene rings is 2. The molecule has 0 bridgehead atoms. The van der Waals surface area contributed by atoms with Crippen molar-refractivity contribution < 1.29 is 32.3 Å². The fourth-order valence-electron chi connectivity index (χ4n) is 4.76. The van der Waals surface area contributed by atoms with Gasteiger partial charge in [0.15, 0.2) is 0 Å². The Bertz CT molecular complexity index is 1460. The average Bonchev–Trinajstić information content (AvgIpc) is 3.53. The number of aliphatic hydroxyl groups is 1. The molecule has 39 heavy (non-hydrogen) atoms. The number of aliphatic hydroxyl groups excluding tert-OH is 1. The van der Waals surface area contributed by atoms with Gasteiger partial charge in [-0.15, -0.1) is 0 Å². The number of amides is 2. The first-order chi connectivity index (χ1) is 18.5. The number of likely N-dealkylation sites (tertiary alicyclic amines) is 1. The number of halogens is 5. The monoisotopic (exact) mass is 582 g/mol. The number of β-amino-alcohol motifs (C(OH)–C–C–N with tert-alkyl or cyclic N) is 1. The molecule has 2 saturated heterocycles. The fourth-order valence-corrected chi connectivity index (χ4v) is 5.78. The number of aromatic nitrogens is 2. The zero-order valence-corrected chi connectivity index (χ0v) is 21.9. The van der Waals surface area contributed by atoms with E-state index in [0.717, 1.165) is 22.7 Å². The van der Waals surface area contributed by atoms with Crippen molar-refractivity contribution in [1.29, 1.82) is 0 Å². The largest absolute Gasteiger partial charge is 0.416 e. The van der Waals surface area contributed by atoms with E-state index in [-0.39, 0.29) is 41.7 Å². The van der Waals surface area contributed by atoms with Crippen LogP contribution in [0.5, 0.6) is 0 Å². The van der Waals surface area contributed by atoms with Crippen molar-refractivity contribution in [3.63, 3.8) is 0 Å². The molecule has 13 heteroatoms. The predicted octanol–water partition coefficient (Wildman–Crippen LogP) is 5.20. The number of nitrogens with zero attached hydrogens (tertiary/aromatic N) is 4. The summed E-state index contributed by atoms with van der Waals surface area (Å²) in [5.41, 5.74) is 0.375. The van der Waals surface area contributed by atoms with E-state index in [1.54, 1.807) is 29.2 Å². The van der Waals surface area contributed by atoms with E-state index in [9.17, 15) is 32.3 Å². The Morgan fingerprint density at radius 3 is 2.69 bits per heavy atom. The van der Waals surface area contributed by atoms with E-state index in [1.807, 2.05) is 0 Å². The molecule has 5 rings (SSSR count). The van der Waals surface area contributed by atoms with Gasteiger partial charge in [-0.2, -0.15) is 18.3 Å². The van der Waals surface area contributed by atoms with Crippen LogP contribution in [0, 0.1) is 0 Å². The minimum Gasteiger partial charge on any atom is -0.390 e. The number of carbonyl (C=O) groups is 2. The van der Waals surface area contributed by atoms with E-state index in [4.69, 9.17) is 11.6 Å². The minimum atomic E-state index is -4.57. The van der Waals surface area contributed by atoms with Gasteiger partial charge in [-0.3, -0.25) is 24.1 Å². The first-order valence-electron chi connectivity index (χ1n) is 12.1. The van der Waals surface area contributed by atoms with Gasteiger partial charge >= 0.3 is 6.18 Å². The molecule has 2 fully saturated rings. The van der Waals surface area contributed by atoms with Gasteiger partial charge in [0, 0.05) is 30.0 Å². The second-order valence-corrected chi connectivity index (χ2v) is 10.9. The lowest BCUT2D eigenvalue weighted by Gasteiger charge is -2.22. The third-order valence-electron chi connectivity index (χ3n) is 6.61. The molecule has 206 valence electrons. The highest BCUT2D eigenvalue weighted by molar-refractivity contribution is 8.18. The summed E-state index contributed by atoms with van der Waals surface area (Å²) < 4.78 is 55.3. The van der Waals surface area contributed by atoms with Crippen LogP contribution in [0.2, 0.25) is 5.02 Å². The molecule has 2 amide bonds.